The van der Waals surface area contributed by atoms with Gasteiger partial charge in [-0.3, -0.25) is 0 Å². The summed E-state index contributed by atoms with van der Waals surface area (Å²) in [6.07, 6.45) is 0.531. The van der Waals surface area contributed by atoms with E-state index in [0.717, 1.165) is 5.56 Å². The van der Waals surface area contributed by atoms with Gasteiger partial charge in [-0.05, 0) is 31.4 Å². The Morgan fingerprint density at radius 1 is 1.40 bits per heavy atom. The zero-order valence-corrected chi connectivity index (χ0v) is 8.84. The summed E-state index contributed by atoms with van der Waals surface area (Å²) >= 11 is 0. The molecular weight excluding hydrogens is 200 g/mol. The van der Waals surface area contributed by atoms with Crippen LogP contribution in [0.25, 0.3) is 0 Å². The molecule has 0 aliphatic heterocycles. The van der Waals surface area contributed by atoms with E-state index in [2.05, 4.69) is 4.74 Å². The van der Waals surface area contributed by atoms with E-state index in [1.54, 1.807) is 19.1 Å². The first-order valence-electron chi connectivity index (χ1n) is 4.79. The van der Waals surface area contributed by atoms with Crippen LogP contribution in [0.3, 0.4) is 0 Å². The summed E-state index contributed by atoms with van der Waals surface area (Å²) in [6, 6.07) is 5.23. The number of ether oxygens (including phenoxy) is 1. The first kappa shape index (κ1) is 11.9. The fourth-order valence-corrected chi connectivity index (χ4v) is 1.48. The van der Waals surface area contributed by atoms with Gasteiger partial charge in [-0.2, -0.15) is 8.78 Å². The van der Waals surface area contributed by atoms with Crippen molar-refractivity contribution >= 4 is 0 Å². The molecule has 0 aromatic heterocycles. The van der Waals surface area contributed by atoms with Gasteiger partial charge in [0.2, 0.25) is 0 Å². The summed E-state index contributed by atoms with van der Waals surface area (Å²) < 4.78 is 28.8. The minimum absolute atomic E-state index is 0.0770. The zero-order chi connectivity index (χ0) is 11.4. The number of hydrogen-bond donors (Lipinski definition) is 1. The van der Waals surface area contributed by atoms with E-state index in [0.29, 0.717) is 12.0 Å². The van der Waals surface area contributed by atoms with E-state index in [9.17, 15) is 8.78 Å². The Morgan fingerprint density at radius 3 is 2.60 bits per heavy atom. The van der Waals surface area contributed by atoms with E-state index < -0.39 is 6.61 Å². The van der Waals surface area contributed by atoms with Gasteiger partial charge in [0.15, 0.2) is 0 Å². The SMILES string of the molecule is Cc1cccc(CC(C)N)c1OC(F)F. The van der Waals surface area contributed by atoms with Crippen molar-refractivity contribution < 1.29 is 13.5 Å². The van der Waals surface area contributed by atoms with Crippen LogP contribution in [0.15, 0.2) is 18.2 Å². The number of para-hydroxylation sites is 1. The predicted molar refractivity (Wildman–Crippen MR) is 55.2 cm³/mol. The van der Waals surface area contributed by atoms with Crippen molar-refractivity contribution in [1.29, 1.82) is 0 Å². The second-order valence-corrected chi connectivity index (χ2v) is 3.62. The maximum Gasteiger partial charge on any atom is 0.387 e. The summed E-state index contributed by atoms with van der Waals surface area (Å²) in [7, 11) is 0. The Morgan fingerprint density at radius 2 is 2.07 bits per heavy atom. The maximum atomic E-state index is 12.2. The van der Waals surface area contributed by atoms with Crippen LogP contribution >= 0.6 is 0 Å². The molecule has 0 fully saturated rings. The van der Waals surface area contributed by atoms with E-state index in [1.807, 2.05) is 13.0 Å². The molecule has 1 aromatic carbocycles. The molecule has 0 saturated heterocycles. The summed E-state index contributed by atoms with van der Waals surface area (Å²) in [5.74, 6) is 0.254. The molecule has 0 spiro atoms. The summed E-state index contributed by atoms with van der Waals surface area (Å²) in [5, 5.41) is 0. The van der Waals surface area contributed by atoms with Crippen molar-refractivity contribution in [1.82, 2.24) is 0 Å². The Bertz CT molecular complexity index is 326. The monoisotopic (exact) mass is 215 g/mol. The normalized spacial score (nSPS) is 12.9. The molecule has 1 unspecified atom stereocenters. The van der Waals surface area contributed by atoms with Crippen molar-refractivity contribution in [3.63, 3.8) is 0 Å². The van der Waals surface area contributed by atoms with Crippen LogP contribution in [0.5, 0.6) is 5.75 Å². The van der Waals surface area contributed by atoms with Crippen molar-refractivity contribution in [2.45, 2.75) is 32.9 Å². The smallest absolute Gasteiger partial charge is 0.387 e. The molecule has 0 radical (unpaired) electrons. The molecule has 0 aliphatic carbocycles. The zero-order valence-electron chi connectivity index (χ0n) is 8.84. The first-order valence-corrected chi connectivity index (χ1v) is 4.79. The van der Waals surface area contributed by atoms with Gasteiger partial charge in [-0.15, -0.1) is 0 Å². The maximum absolute atomic E-state index is 12.2. The standard InChI is InChI=1S/C11H15F2NO/c1-7-4-3-5-9(6-8(2)14)10(7)15-11(12)13/h3-5,8,11H,6,14H2,1-2H3. The third kappa shape index (κ3) is 3.47. The van der Waals surface area contributed by atoms with Gasteiger partial charge in [0, 0.05) is 6.04 Å². The Labute approximate surface area is 88.0 Å². The molecule has 0 aliphatic rings. The quantitative estimate of drug-likeness (QED) is 0.837. The van der Waals surface area contributed by atoms with Crippen LogP contribution in [-0.4, -0.2) is 12.7 Å². The molecule has 84 valence electrons. The molecule has 0 heterocycles. The largest absolute Gasteiger partial charge is 0.434 e. The molecule has 2 nitrogen and oxygen atoms in total. The van der Waals surface area contributed by atoms with Crippen molar-refractivity contribution in [3.05, 3.63) is 29.3 Å². The number of benzene rings is 1. The Hall–Kier alpha value is -1.16. The molecule has 0 saturated carbocycles. The van der Waals surface area contributed by atoms with Crippen LogP contribution in [-0.2, 0) is 6.42 Å². The third-order valence-corrected chi connectivity index (χ3v) is 2.04. The van der Waals surface area contributed by atoms with Gasteiger partial charge < -0.3 is 10.5 Å². The summed E-state index contributed by atoms with van der Waals surface area (Å²) in [5.41, 5.74) is 7.06. The van der Waals surface area contributed by atoms with Gasteiger partial charge >= 0.3 is 6.61 Å². The number of nitrogens with two attached hydrogens (primary N) is 1. The van der Waals surface area contributed by atoms with Gasteiger partial charge in [-0.25, -0.2) is 0 Å². The number of alkyl halides is 2. The van der Waals surface area contributed by atoms with E-state index in [-0.39, 0.29) is 11.8 Å². The van der Waals surface area contributed by atoms with Crippen LogP contribution < -0.4 is 10.5 Å². The molecule has 0 bridgehead atoms. The second kappa shape index (κ2) is 5.07. The number of rotatable bonds is 4. The van der Waals surface area contributed by atoms with Gasteiger partial charge in [0.05, 0.1) is 0 Å². The molecule has 1 aromatic rings. The molecule has 0 amide bonds. The Kier molecular flexibility index (Phi) is 4.03. The fourth-order valence-electron chi connectivity index (χ4n) is 1.48. The molecule has 4 heteroatoms. The van der Waals surface area contributed by atoms with Crippen molar-refractivity contribution in [3.8, 4) is 5.75 Å². The third-order valence-electron chi connectivity index (χ3n) is 2.04. The van der Waals surface area contributed by atoms with Crippen LogP contribution in [0.2, 0.25) is 0 Å². The lowest BCUT2D eigenvalue weighted by Gasteiger charge is -2.14. The van der Waals surface area contributed by atoms with Crippen LogP contribution in [0, 0.1) is 6.92 Å². The number of aryl methyl sites for hydroxylation is 1. The highest BCUT2D eigenvalue weighted by Gasteiger charge is 2.12. The highest BCUT2D eigenvalue weighted by Crippen LogP contribution is 2.26. The van der Waals surface area contributed by atoms with E-state index >= 15 is 0 Å². The average molecular weight is 215 g/mol. The van der Waals surface area contributed by atoms with Gasteiger partial charge in [-0.1, -0.05) is 18.2 Å². The average Bonchev–Trinajstić information content (AvgIpc) is 2.09. The topological polar surface area (TPSA) is 35.2 Å². The highest BCUT2D eigenvalue weighted by atomic mass is 19.3. The molecule has 1 rings (SSSR count). The lowest BCUT2D eigenvalue weighted by atomic mass is 10.0. The van der Waals surface area contributed by atoms with Gasteiger partial charge in [0.25, 0.3) is 0 Å². The van der Waals surface area contributed by atoms with E-state index in [1.165, 1.54) is 0 Å². The lowest BCUT2D eigenvalue weighted by molar-refractivity contribution is -0.0509. The molecular formula is C11H15F2NO. The minimum Gasteiger partial charge on any atom is -0.434 e. The first-order chi connectivity index (χ1) is 7.00. The summed E-state index contributed by atoms with van der Waals surface area (Å²) in [6.45, 7) is 0.773. The van der Waals surface area contributed by atoms with Crippen LogP contribution in [0.4, 0.5) is 8.78 Å². The second-order valence-electron chi connectivity index (χ2n) is 3.62. The molecule has 2 N–H and O–H groups in total. The van der Waals surface area contributed by atoms with Crippen molar-refractivity contribution in [2.75, 3.05) is 0 Å². The summed E-state index contributed by atoms with van der Waals surface area (Å²) in [4.78, 5) is 0. The molecule has 1 atom stereocenters. The predicted octanol–water partition coefficient (Wildman–Crippen LogP) is 2.49. The van der Waals surface area contributed by atoms with Crippen molar-refractivity contribution in [2.24, 2.45) is 5.73 Å². The number of hydrogen-bond acceptors (Lipinski definition) is 2. The fraction of sp³-hybridized carbons (Fsp3) is 0.455. The highest BCUT2D eigenvalue weighted by molar-refractivity contribution is 5.41. The Balaban J connectivity index is 2.97. The molecule has 15 heavy (non-hydrogen) atoms. The van der Waals surface area contributed by atoms with Gasteiger partial charge in [0.1, 0.15) is 5.75 Å². The van der Waals surface area contributed by atoms with Crippen LogP contribution in [0.1, 0.15) is 18.1 Å². The lowest BCUT2D eigenvalue weighted by Crippen LogP contribution is -2.19. The number of halogens is 2. The minimum atomic E-state index is -2.79. The van der Waals surface area contributed by atoms with E-state index in [4.69, 9.17) is 5.73 Å².